The van der Waals surface area contributed by atoms with Crippen LogP contribution in [0.2, 0.25) is 0 Å². The van der Waals surface area contributed by atoms with Gasteiger partial charge in [0.1, 0.15) is 6.61 Å². The van der Waals surface area contributed by atoms with E-state index in [1.165, 1.54) is 0 Å². The molecule has 0 unspecified atom stereocenters. The van der Waals surface area contributed by atoms with E-state index in [0.29, 0.717) is 13.0 Å². The summed E-state index contributed by atoms with van der Waals surface area (Å²) in [6.07, 6.45) is 1.15. The normalized spacial score (nSPS) is 10.5. The first-order valence-electron chi connectivity index (χ1n) is 5.67. The number of carbonyl (C=O) groups is 1. The first-order valence-corrected chi connectivity index (χ1v) is 5.67. The molecule has 4 heteroatoms. The van der Waals surface area contributed by atoms with Crippen LogP contribution < -0.4 is 0 Å². The molecule has 0 fully saturated rings. The van der Waals surface area contributed by atoms with Crippen molar-refractivity contribution in [2.75, 3.05) is 20.7 Å². The lowest BCUT2D eigenvalue weighted by atomic mass is 10.2. The first kappa shape index (κ1) is 13.7. The van der Waals surface area contributed by atoms with Crippen molar-refractivity contribution in [1.29, 1.82) is 0 Å². The Labute approximate surface area is 102 Å². The predicted molar refractivity (Wildman–Crippen MR) is 65.1 cm³/mol. The molecule has 0 aliphatic heterocycles. The van der Waals surface area contributed by atoms with Gasteiger partial charge in [0.2, 0.25) is 0 Å². The largest absolute Gasteiger partial charge is 0.461 e. The maximum atomic E-state index is 11.4. The highest BCUT2D eigenvalue weighted by Gasteiger charge is 2.04. The summed E-state index contributed by atoms with van der Waals surface area (Å²) >= 11 is 0. The van der Waals surface area contributed by atoms with Gasteiger partial charge in [-0.1, -0.05) is 30.3 Å². The molecule has 0 aliphatic rings. The third-order valence-corrected chi connectivity index (χ3v) is 2.41. The van der Waals surface area contributed by atoms with Gasteiger partial charge in [0, 0.05) is 20.0 Å². The molecule has 0 saturated heterocycles. The molecule has 1 aromatic carbocycles. The molecule has 0 aromatic heterocycles. The number of carbonyl (C=O) groups excluding carboxylic acids is 1. The molecule has 0 amide bonds. The Morgan fingerprint density at radius 3 is 2.65 bits per heavy atom. The van der Waals surface area contributed by atoms with E-state index >= 15 is 0 Å². The predicted octanol–water partition coefficient (Wildman–Crippen LogP) is 2.00. The molecule has 0 bridgehead atoms. The van der Waals surface area contributed by atoms with Crippen molar-refractivity contribution < 1.29 is 14.4 Å². The van der Waals surface area contributed by atoms with E-state index in [4.69, 9.17) is 9.57 Å². The van der Waals surface area contributed by atoms with Gasteiger partial charge in [-0.2, -0.15) is 5.06 Å². The van der Waals surface area contributed by atoms with Crippen molar-refractivity contribution in [3.8, 4) is 0 Å². The van der Waals surface area contributed by atoms with Crippen LogP contribution in [0.5, 0.6) is 0 Å². The highest BCUT2D eigenvalue weighted by Crippen LogP contribution is 2.03. The number of benzene rings is 1. The smallest absolute Gasteiger partial charge is 0.306 e. The fraction of sp³-hybridized carbons (Fsp3) is 0.462. The summed E-state index contributed by atoms with van der Waals surface area (Å²) in [6.45, 7) is 1.07. The van der Waals surface area contributed by atoms with Gasteiger partial charge in [-0.25, -0.2) is 0 Å². The fourth-order valence-corrected chi connectivity index (χ4v) is 1.35. The molecule has 1 aromatic rings. The lowest BCUT2D eigenvalue weighted by Crippen LogP contribution is -2.19. The highest BCUT2D eigenvalue weighted by molar-refractivity contribution is 5.69. The molecule has 4 nitrogen and oxygen atoms in total. The SMILES string of the molecule is CON(C)CCCC(=O)OCc1ccccc1. The lowest BCUT2D eigenvalue weighted by molar-refractivity contribution is -0.146. The monoisotopic (exact) mass is 237 g/mol. The minimum Gasteiger partial charge on any atom is -0.461 e. The molecule has 0 atom stereocenters. The van der Waals surface area contributed by atoms with E-state index in [0.717, 1.165) is 18.5 Å². The van der Waals surface area contributed by atoms with E-state index < -0.39 is 0 Å². The van der Waals surface area contributed by atoms with Crippen LogP contribution in [0.3, 0.4) is 0 Å². The quantitative estimate of drug-likeness (QED) is 0.537. The van der Waals surface area contributed by atoms with Gasteiger partial charge in [-0.05, 0) is 12.0 Å². The Bertz CT molecular complexity index is 327. The molecule has 17 heavy (non-hydrogen) atoms. The summed E-state index contributed by atoms with van der Waals surface area (Å²) in [4.78, 5) is 16.3. The second-order valence-corrected chi connectivity index (χ2v) is 3.78. The van der Waals surface area contributed by atoms with Crippen molar-refractivity contribution in [2.24, 2.45) is 0 Å². The number of hydrogen-bond donors (Lipinski definition) is 0. The Morgan fingerprint density at radius 1 is 1.29 bits per heavy atom. The van der Waals surface area contributed by atoms with E-state index in [1.807, 2.05) is 37.4 Å². The van der Waals surface area contributed by atoms with Gasteiger partial charge in [0.15, 0.2) is 0 Å². The molecular weight excluding hydrogens is 218 g/mol. The van der Waals surface area contributed by atoms with E-state index in [-0.39, 0.29) is 5.97 Å². The average molecular weight is 237 g/mol. The number of rotatable bonds is 7. The summed E-state index contributed by atoms with van der Waals surface area (Å²) in [5.74, 6) is -0.168. The van der Waals surface area contributed by atoms with Crippen LogP contribution in [0.25, 0.3) is 0 Å². The zero-order valence-electron chi connectivity index (χ0n) is 10.4. The molecule has 0 aliphatic carbocycles. The molecule has 0 heterocycles. The molecule has 1 rings (SSSR count). The Kier molecular flexibility index (Phi) is 6.29. The Morgan fingerprint density at radius 2 is 2.00 bits per heavy atom. The second kappa shape index (κ2) is 7.81. The topological polar surface area (TPSA) is 38.8 Å². The Balaban J connectivity index is 2.13. The van der Waals surface area contributed by atoms with Gasteiger partial charge in [-0.3, -0.25) is 4.79 Å². The van der Waals surface area contributed by atoms with Crippen molar-refractivity contribution in [2.45, 2.75) is 19.4 Å². The van der Waals surface area contributed by atoms with Crippen LogP contribution in [0.1, 0.15) is 18.4 Å². The number of hydroxylamine groups is 2. The van der Waals surface area contributed by atoms with Gasteiger partial charge >= 0.3 is 5.97 Å². The third kappa shape index (κ3) is 6.04. The van der Waals surface area contributed by atoms with Crippen LogP contribution in [0, 0.1) is 0 Å². The van der Waals surface area contributed by atoms with Crippen molar-refractivity contribution in [3.05, 3.63) is 35.9 Å². The molecule has 94 valence electrons. The van der Waals surface area contributed by atoms with Crippen molar-refractivity contribution in [1.82, 2.24) is 5.06 Å². The van der Waals surface area contributed by atoms with E-state index in [2.05, 4.69) is 0 Å². The zero-order chi connectivity index (χ0) is 12.5. The molecule has 0 radical (unpaired) electrons. The van der Waals surface area contributed by atoms with Crippen molar-refractivity contribution >= 4 is 5.97 Å². The molecule has 0 spiro atoms. The zero-order valence-corrected chi connectivity index (χ0v) is 10.4. The number of ether oxygens (including phenoxy) is 1. The summed E-state index contributed by atoms with van der Waals surface area (Å²) in [7, 11) is 3.43. The van der Waals surface area contributed by atoms with Crippen LogP contribution in [-0.4, -0.2) is 31.7 Å². The van der Waals surface area contributed by atoms with Crippen LogP contribution in [0.4, 0.5) is 0 Å². The number of nitrogens with zero attached hydrogens (tertiary/aromatic N) is 1. The van der Waals surface area contributed by atoms with Gasteiger partial charge < -0.3 is 9.57 Å². The van der Waals surface area contributed by atoms with E-state index in [1.54, 1.807) is 12.2 Å². The summed E-state index contributed by atoms with van der Waals surface area (Å²) in [5, 5.41) is 1.68. The number of esters is 1. The maximum absolute atomic E-state index is 11.4. The minimum absolute atomic E-state index is 0.168. The first-order chi connectivity index (χ1) is 8.22. The second-order valence-electron chi connectivity index (χ2n) is 3.78. The Hall–Kier alpha value is -1.39. The van der Waals surface area contributed by atoms with Crippen LogP contribution in [0.15, 0.2) is 30.3 Å². The van der Waals surface area contributed by atoms with Gasteiger partial charge in [0.25, 0.3) is 0 Å². The molecular formula is C13H19NO3. The summed E-state index contributed by atoms with van der Waals surface area (Å²) < 4.78 is 5.15. The highest BCUT2D eigenvalue weighted by atomic mass is 16.7. The lowest BCUT2D eigenvalue weighted by Gasteiger charge is -2.12. The number of hydrogen-bond acceptors (Lipinski definition) is 4. The minimum atomic E-state index is -0.168. The van der Waals surface area contributed by atoms with Crippen LogP contribution in [-0.2, 0) is 21.0 Å². The maximum Gasteiger partial charge on any atom is 0.306 e. The van der Waals surface area contributed by atoms with Crippen molar-refractivity contribution in [3.63, 3.8) is 0 Å². The van der Waals surface area contributed by atoms with Crippen LogP contribution >= 0.6 is 0 Å². The molecule has 0 saturated carbocycles. The van der Waals surface area contributed by atoms with Gasteiger partial charge in [0.05, 0.1) is 7.11 Å². The van der Waals surface area contributed by atoms with Gasteiger partial charge in [-0.15, -0.1) is 0 Å². The average Bonchev–Trinajstić information content (AvgIpc) is 2.37. The summed E-state index contributed by atoms with van der Waals surface area (Å²) in [6, 6.07) is 9.66. The standard InChI is InChI=1S/C13H19NO3/c1-14(16-2)10-6-9-13(15)17-11-12-7-4-3-5-8-12/h3-5,7-8H,6,9-11H2,1-2H3. The third-order valence-electron chi connectivity index (χ3n) is 2.41. The molecule has 0 N–H and O–H groups in total. The fourth-order valence-electron chi connectivity index (χ4n) is 1.35. The van der Waals surface area contributed by atoms with E-state index in [9.17, 15) is 4.79 Å². The summed E-state index contributed by atoms with van der Waals surface area (Å²) in [5.41, 5.74) is 1.01.